The fourth-order valence-corrected chi connectivity index (χ4v) is 4.68. The van der Waals surface area contributed by atoms with Crippen molar-refractivity contribution in [2.45, 2.75) is 26.2 Å². The molecule has 0 saturated heterocycles. The minimum atomic E-state index is -0.712. The molecule has 0 radical (unpaired) electrons. The Morgan fingerprint density at radius 1 is 1.07 bits per heavy atom. The monoisotopic (exact) mass is 551 g/mol. The average Bonchev–Trinajstić information content (AvgIpc) is 3.69. The highest BCUT2D eigenvalue weighted by atomic mass is 19.1. The highest BCUT2D eigenvalue weighted by Gasteiger charge is 2.27. The number of halogens is 1. The zero-order valence-electron chi connectivity index (χ0n) is 22.5. The van der Waals surface area contributed by atoms with Crippen LogP contribution in [0.2, 0.25) is 0 Å². The lowest BCUT2D eigenvalue weighted by molar-refractivity contribution is 0.256. The number of urea groups is 1. The number of hydrogen-bond donors (Lipinski definition) is 2. The van der Waals surface area contributed by atoms with Crippen LogP contribution in [0.4, 0.5) is 26.5 Å². The van der Waals surface area contributed by atoms with Crippen LogP contribution in [0.15, 0.2) is 84.1 Å². The smallest absolute Gasteiger partial charge is 0.325 e. The van der Waals surface area contributed by atoms with Crippen molar-refractivity contribution in [1.29, 1.82) is 0 Å². The maximum atomic E-state index is 13.7. The zero-order chi connectivity index (χ0) is 28.9. The van der Waals surface area contributed by atoms with E-state index in [1.165, 1.54) is 29.8 Å². The molecule has 12 heteroatoms. The maximum absolute atomic E-state index is 13.7. The van der Waals surface area contributed by atoms with E-state index >= 15 is 0 Å². The number of carbonyl (C=O) groups excluding carboxylic acids is 1. The summed E-state index contributed by atoms with van der Waals surface area (Å²) in [6.45, 7) is 6.05. The van der Waals surface area contributed by atoms with Gasteiger partial charge in [0.2, 0.25) is 0 Å². The molecule has 2 aromatic carbocycles. The number of nitrogen functional groups attached to an aromatic ring is 1. The molecule has 206 valence electrons. The minimum Gasteiger partial charge on any atom is -0.443 e. The van der Waals surface area contributed by atoms with Gasteiger partial charge in [0.05, 0.1) is 23.3 Å². The molecule has 0 aliphatic rings. The summed E-state index contributed by atoms with van der Waals surface area (Å²) >= 11 is 0. The Kier molecular flexibility index (Phi) is 6.02. The standard InChI is InChI=1S/C29H26FN9O2/c1-29(2,3)23-12-24(39(36-23)20-10-6-18(30)7-11-20)38(28(32)40)19-8-4-17(5-9-19)25-21(22-13-33-16-41-22)14-37-26(25)27(31)34-15-35-37/h4-16H,1-3H3,(H2,32,40)(H2,31,34,35). The lowest BCUT2D eigenvalue weighted by Crippen LogP contribution is -2.33. The van der Waals surface area contributed by atoms with E-state index in [1.54, 1.807) is 45.9 Å². The number of nitrogens with two attached hydrogens (primary N) is 2. The van der Waals surface area contributed by atoms with Crippen LogP contribution in [0.1, 0.15) is 26.5 Å². The average molecular weight is 552 g/mol. The van der Waals surface area contributed by atoms with Crippen molar-refractivity contribution in [3.8, 4) is 28.1 Å². The van der Waals surface area contributed by atoms with Crippen molar-refractivity contribution in [3.05, 3.63) is 91.2 Å². The van der Waals surface area contributed by atoms with E-state index in [2.05, 4.69) is 15.1 Å². The van der Waals surface area contributed by atoms with Gasteiger partial charge >= 0.3 is 6.03 Å². The number of oxazole rings is 1. The highest BCUT2D eigenvalue weighted by molar-refractivity contribution is 6.00. The Morgan fingerprint density at radius 3 is 2.44 bits per heavy atom. The molecule has 6 aromatic rings. The number of aromatic nitrogens is 6. The van der Waals surface area contributed by atoms with Crippen LogP contribution in [-0.4, -0.2) is 35.4 Å². The molecular weight excluding hydrogens is 525 g/mol. The first kappa shape index (κ1) is 25.7. The van der Waals surface area contributed by atoms with Gasteiger partial charge in [-0.3, -0.25) is 0 Å². The molecule has 0 atom stereocenters. The highest BCUT2D eigenvalue weighted by Crippen LogP contribution is 2.40. The molecule has 0 fully saturated rings. The largest absolute Gasteiger partial charge is 0.443 e. The second kappa shape index (κ2) is 9.59. The lowest BCUT2D eigenvalue weighted by Gasteiger charge is -2.22. The maximum Gasteiger partial charge on any atom is 0.325 e. The van der Waals surface area contributed by atoms with Gasteiger partial charge in [0, 0.05) is 28.8 Å². The van der Waals surface area contributed by atoms with E-state index < -0.39 is 6.03 Å². The van der Waals surface area contributed by atoms with Crippen molar-refractivity contribution in [2.75, 3.05) is 10.6 Å². The molecule has 0 spiro atoms. The van der Waals surface area contributed by atoms with Gasteiger partial charge in [-0.25, -0.2) is 33.3 Å². The Bertz CT molecular complexity index is 1870. The molecule has 0 saturated carbocycles. The number of anilines is 3. The minimum absolute atomic E-state index is 0.293. The molecule has 0 bridgehead atoms. The van der Waals surface area contributed by atoms with E-state index in [1.807, 2.05) is 39.0 Å². The van der Waals surface area contributed by atoms with Crippen molar-refractivity contribution in [3.63, 3.8) is 0 Å². The second-order valence-electron chi connectivity index (χ2n) is 10.5. The van der Waals surface area contributed by atoms with Gasteiger partial charge in [0.15, 0.2) is 18.0 Å². The summed E-state index contributed by atoms with van der Waals surface area (Å²) in [5, 5.41) is 9.04. The number of hydrogen-bond acceptors (Lipinski definition) is 7. The topological polar surface area (TPSA) is 146 Å². The number of rotatable bonds is 5. The van der Waals surface area contributed by atoms with E-state index in [-0.39, 0.29) is 11.2 Å². The van der Waals surface area contributed by atoms with E-state index in [0.29, 0.717) is 34.3 Å². The quantitative estimate of drug-likeness (QED) is 0.289. The number of primary amides is 1. The third-order valence-corrected chi connectivity index (χ3v) is 6.69. The second-order valence-corrected chi connectivity index (χ2v) is 10.5. The van der Waals surface area contributed by atoms with Crippen LogP contribution in [0.25, 0.3) is 33.7 Å². The van der Waals surface area contributed by atoms with Crippen molar-refractivity contribution in [2.24, 2.45) is 5.73 Å². The van der Waals surface area contributed by atoms with Crippen molar-refractivity contribution in [1.82, 2.24) is 29.4 Å². The van der Waals surface area contributed by atoms with Crippen LogP contribution in [0.5, 0.6) is 0 Å². The fraction of sp³-hybridized carbons (Fsp3) is 0.138. The van der Waals surface area contributed by atoms with Crippen LogP contribution >= 0.6 is 0 Å². The molecule has 41 heavy (non-hydrogen) atoms. The predicted molar refractivity (Wildman–Crippen MR) is 152 cm³/mol. The number of nitrogens with zero attached hydrogens (tertiary/aromatic N) is 7. The molecule has 4 aromatic heterocycles. The number of fused-ring (bicyclic) bond motifs is 1. The number of amides is 2. The van der Waals surface area contributed by atoms with Crippen LogP contribution in [0.3, 0.4) is 0 Å². The van der Waals surface area contributed by atoms with Crippen molar-refractivity contribution < 1.29 is 13.6 Å². The summed E-state index contributed by atoms with van der Waals surface area (Å²) in [4.78, 5) is 22.5. The van der Waals surface area contributed by atoms with Crippen molar-refractivity contribution >= 4 is 28.9 Å². The number of benzene rings is 2. The third kappa shape index (κ3) is 4.54. The molecule has 2 amide bonds. The SMILES string of the molecule is CC(C)(C)c1cc(N(C(N)=O)c2ccc(-c3c(-c4cnco4)cn4ncnc(N)c34)cc2)n(-c2ccc(F)cc2)n1. The molecule has 0 unspecified atom stereocenters. The van der Waals surface area contributed by atoms with Crippen LogP contribution in [0, 0.1) is 5.82 Å². The first-order valence-corrected chi connectivity index (χ1v) is 12.7. The Balaban J connectivity index is 1.49. The summed E-state index contributed by atoms with van der Waals surface area (Å²) in [7, 11) is 0. The molecule has 11 nitrogen and oxygen atoms in total. The summed E-state index contributed by atoms with van der Waals surface area (Å²) in [5.74, 6) is 0.859. The van der Waals surface area contributed by atoms with Gasteiger partial charge < -0.3 is 15.9 Å². The van der Waals surface area contributed by atoms with Gasteiger partial charge in [0.1, 0.15) is 23.5 Å². The summed E-state index contributed by atoms with van der Waals surface area (Å²) in [6.07, 6.45) is 6.12. The summed E-state index contributed by atoms with van der Waals surface area (Å²) in [6, 6.07) is 14.2. The summed E-state index contributed by atoms with van der Waals surface area (Å²) in [5.41, 5.74) is 16.5. The van der Waals surface area contributed by atoms with E-state index in [4.69, 9.17) is 21.0 Å². The normalized spacial score (nSPS) is 11.7. The molecule has 4 N–H and O–H groups in total. The first-order chi connectivity index (χ1) is 19.6. The van der Waals surface area contributed by atoms with E-state index in [9.17, 15) is 9.18 Å². The Labute approximate surface area is 233 Å². The molecule has 4 heterocycles. The zero-order valence-corrected chi connectivity index (χ0v) is 22.5. The molecule has 0 aliphatic heterocycles. The molecule has 0 aliphatic carbocycles. The summed E-state index contributed by atoms with van der Waals surface area (Å²) < 4.78 is 22.5. The van der Waals surface area contributed by atoms with Gasteiger partial charge in [-0.1, -0.05) is 32.9 Å². The van der Waals surface area contributed by atoms with E-state index in [0.717, 1.165) is 22.4 Å². The Hall–Kier alpha value is -5.52. The lowest BCUT2D eigenvalue weighted by atomic mass is 9.92. The van der Waals surface area contributed by atoms with Gasteiger partial charge in [-0.05, 0) is 42.0 Å². The third-order valence-electron chi connectivity index (χ3n) is 6.69. The van der Waals surface area contributed by atoms with Crippen LogP contribution in [-0.2, 0) is 5.41 Å². The first-order valence-electron chi connectivity index (χ1n) is 12.7. The number of carbonyl (C=O) groups is 1. The molecular formula is C29H26FN9O2. The van der Waals surface area contributed by atoms with Gasteiger partial charge in [0.25, 0.3) is 0 Å². The molecule has 6 rings (SSSR count). The predicted octanol–water partition coefficient (Wildman–Crippen LogP) is 5.47. The van der Waals surface area contributed by atoms with Gasteiger partial charge in [-0.15, -0.1) is 0 Å². The van der Waals surface area contributed by atoms with Crippen LogP contribution < -0.4 is 16.4 Å². The fourth-order valence-electron chi connectivity index (χ4n) is 4.68. The Morgan fingerprint density at radius 2 is 1.80 bits per heavy atom. The van der Waals surface area contributed by atoms with Gasteiger partial charge in [-0.2, -0.15) is 10.2 Å².